The summed E-state index contributed by atoms with van der Waals surface area (Å²) in [4.78, 5) is 23.2. The monoisotopic (exact) mass is 323 g/mol. The number of rotatable bonds is 7. The third kappa shape index (κ3) is 6.95. The standard InChI is InChI=1S/C16H25NO2SSi/c1-12(18)9-14(10-20)16(19)17-15-7-5-13(6-8-15)11-21(2,3)4/h5-8,14,20H,9-11H2,1-4H3,(H,17,19)/t14-/m0/s1. The molecule has 1 amide bonds. The van der Waals surface area contributed by atoms with Crippen LogP contribution in [0, 0.1) is 5.92 Å². The number of benzene rings is 1. The van der Waals surface area contributed by atoms with Crippen molar-refractivity contribution >= 4 is 38.1 Å². The smallest absolute Gasteiger partial charge is 0.228 e. The first-order valence-corrected chi connectivity index (χ1v) is 11.6. The van der Waals surface area contributed by atoms with E-state index in [1.807, 2.05) is 12.1 Å². The van der Waals surface area contributed by atoms with Crippen molar-refractivity contribution in [3.63, 3.8) is 0 Å². The van der Waals surface area contributed by atoms with Crippen molar-refractivity contribution in [3.05, 3.63) is 29.8 Å². The Hall–Kier alpha value is -1.07. The molecule has 0 saturated heterocycles. The molecule has 1 atom stereocenters. The molecule has 1 rings (SSSR count). The van der Waals surface area contributed by atoms with Crippen LogP contribution in [0.1, 0.15) is 18.9 Å². The Balaban J connectivity index is 2.66. The van der Waals surface area contributed by atoms with E-state index >= 15 is 0 Å². The van der Waals surface area contributed by atoms with Gasteiger partial charge in [-0.05, 0) is 25.1 Å². The molecule has 0 radical (unpaired) electrons. The third-order valence-electron chi connectivity index (χ3n) is 3.08. The average Bonchev–Trinajstić information content (AvgIpc) is 2.36. The first-order valence-electron chi connectivity index (χ1n) is 7.21. The van der Waals surface area contributed by atoms with Gasteiger partial charge in [-0.2, -0.15) is 12.6 Å². The van der Waals surface area contributed by atoms with Crippen LogP contribution in [-0.4, -0.2) is 25.5 Å². The van der Waals surface area contributed by atoms with Crippen LogP contribution in [0.15, 0.2) is 24.3 Å². The molecule has 116 valence electrons. The number of anilines is 1. The molecule has 0 aliphatic rings. The molecule has 0 aliphatic carbocycles. The maximum atomic E-state index is 12.1. The lowest BCUT2D eigenvalue weighted by Crippen LogP contribution is -2.26. The molecular weight excluding hydrogens is 298 g/mol. The molecule has 0 aromatic heterocycles. The predicted molar refractivity (Wildman–Crippen MR) is 94.8 cm³/mol. The number of thiol groups is 1. The molecule has 3 nitrogen and oxygen atoms in total. The van der Waals surface area contributed by atoms with Crippen LogP contribution in [0.5, 0.6) is 0 Å². The normalized spacial score (nSPS) is 12.8. The molecule has 0 fully saturated rings. The highest BCUT2D eigenvalue weighted by atomic mass is 32.1. The number of ketones is 1. The molecule has 0 saturated carbocycles. The SMILES string of the molecule is CC(=O)C[C@@H](CS)C(=O)Nc1ccc(C[Si](C)(C)C)cc1. The van der Waals surface area contributed by atoms with E-state index in [1.54, 1.807) is 0 Å². The van der Waals surface area contributed by atoms with Crippen molar-refractivity contribution in [3.8, 4) is 0 Å². The highest BCUT2D eigenvalue weighted by Gasteiger charge is 2.19. The second-order valence-corrected chi connectivity index (χ2v) is 12.5. The van der Waals surface area contributed by atoms with E-state index in [4.69, 9.17) is 0 Å². The first-order chi connectivity index (χ1) is 9.71. The highest BCUT2D eigenvalue weighted by molar-refractivity contribution is 7.80. The lowest BCUT2D eigenvalue weighted by molar-refractivity contribution is -0.124. The molecule has 21 heavy (non-hydrogen) atoms. The number of hydrogen-bond acceptors (Lipinski definition) is 3. The van der Waals surface area contributed by atoms with E-state index in [1.165, 1.54) is 12.5 Å². The zero-order valence-electron chi connectivity index (χ0n) is 13.3. The van der Waals surface area contributed by atoms with Gasteiger partial charge in [0.2, 0.25) is 5.91 Å². The summed E-state index contributed by atoms with van der Waals surface area (Å²) >= 11 is 4.15. The van der Waals surface area contributed by atoms with Gasteiger partial charge in [-0.1, -0.05) is 37.3 Å². The molecule has 0 bridgehead atoms. The minimum atomic E-state index is -1.12. The van der Waals surface area contributed by atoms with Crippen LogP contribution in [-0.2, 0) is 15.6 Å². The molecule has 0 unspecified atom stereocenters. The van der Waals surface area contributed by atoms with Gasteiger partial charge < -0.3 is 10.1 Å². The van der Waals surface area contributed by atoms with Crippen molar-refractivity contribution in [1.82, 2.24) is 0 Å². The predicted octanol–water partition coefficient (Wildman–Crippen LogP) is 3.57. The molecule has 0 aliphatic heterocycles. The van der Waals surface area contributed by atoms with Gasteiger partial charge in [0.25, 0.3) is 0 Å². The average molecular weight is 324 g/mol. The quantitative estimate of drug-likeness (QED) is 0.595. The van der Waals surface area contributed by atoms with E-state index in [2.05, 4.69) is 49.7 Å². The number of nitrogens with one attached hydrogen (secondary N) is 1. The van der Waals surface area contributed by atoms with E-state index in [9.17, 15) is 9.59 Å². The van der Waals surface area contributed by atoms with Crippen molar-refractivity contribution in [2.45, 2.75) is 39.0 Å². The maximum absolute atomic E-state index is 12.1. The van der Waals surface area contributed by atoms with Gasteiger partial charge in [-0.15, -0.1) is 0 Å². The number of hydrogen-bond donors (Lipinski definition) is 2. The Morgan fingerprint density at radius 3 is 2.19 bits per heavy atom. The van der Waals surface area contributed by atoms with E-state index < -0.39 is 8.07 Å². The van der Waals surface area contributed by atoms with Crippen molar-refractivity contribution < 1.29 is 9.59 Å². The summed E-state index contributed by atoms with van der Waals surface area (Å²) in [7, 11) is -1.12. The molecule has 0 heterocycles. The number of carbonyl (C=O) groups excluding carboxylic acids is 2. The zero-order valence-corrected chi connectivity index (χ0v) is 15.2. The van der Waals surface area contributed by atoms with Crippen molar-refractivity contribution in [2.75, 3.05) is 11.1 Å². The number of Topliss-reactive ketones (excluding diaryl/α,β-unsaturated/α-hetero) is 1. The van der Waals surface area contributed by atoms with E-state index in [0.717, 1.165) is 11.7 Å². The summed E-state index contributed by atoms with van der Waals surface area (Å²) in [5, 5.41) is 2.86. The third-order valence-corrected chi connectivity index (χ3v) is 4.99. The van der Waals surface area contributed by atoms with Gasteiger partial charge in [0, 0.05) is 25.9 Å². The second-order valence-electron chi connectivity index (χ2n) is 6.71. The second kappa shape index (κ2) is 7.80. The summed E-state index contributed by atoms with van der Waals surface area (Å²) < 4.78 is 0. The number of amides is 1. The lowest BCUT2D eigenvalue weighted by atomic mass is 10.0. The zero-order chi connectivity index (χ0) is 16.0. The Morgan fingerprint density at radius 1 is 1.19 bits per heavy atom. The molecular formula is C16H25NO2SSi. The van der Waals surface area contributed by atoms with Crippen LogP contribution >= 0.6 is 12.6 Å². The Labute approximate surface area is 133 Å². The molecule has 1 N–H and O–H groups in total. The summed E-state index contributed by atoms with van der Waals surface area (Å²) in [6.07, 6.45) is 0.239. The van der Waals surface area contributed by atoms with Crippen LogP contribution in [0.3, 0.4) is 0 Å². The van der Waals surface area contributed by atoms with Gasteiger partial charge in [0.15, 0.2) is 0 Å². The van der Waals surface area contributed by atoms with Gasteiger partial charge in [-0.3, -0.25) is 4.79 Å². The van der Waals surface area contributed by atoms with Gasteiger partial charge >= 0.3 is 0 Å². The summed E-state index contributed by atoms with van der Waals surface area (Å²) in [5.41, 5.74) is 2.08. The Morgan fingerprint density at radius 2 is 1.76 bits per heavy atom. The minimum absolute atomic E-state index is 0.00897. The fourth-order valence-electron chi connectivity index (χ4n) is 2.15. The molecule has 5 heteroatoms. The highest BCUT2D eigenvalue weighted by Crippen LogP contribution is 2.16. The fraction of sp³-hybridized carbons (Fsp3) is 0.500. The Kier molecular flexibility index (Phi) is 6.68. The van der Waals surface area contributed by atoms with Crippen LogP contribution in [0.25, 0.3) is 0 Å². The van der Waals surface area contributed by atoms with Gasteiger partial charge in [0.05, 0.1) is 5.92 Å². The number of carbonyl (C=O) groups is 2. The van der Waals surface area contributed by atoms with Crippen LogP contribution in [0.4, 0.5) is 5.69 Å². The molecule has 0 spiro atoms. The lowest BCUT2D eigenvalue weighted by Gasteiger charge is -2.16. The van der Waals surface area contributed by atoms with Crippen molar-refractivity contribution in [1.29, 1.82) is 0 Å². The van der Waals surface area contributed by atoms with Gasteiger partial charge in [-0.25, -0.2) is 0 Å². The summed E-state index contributed by atoms with van der Waals surface area (Å²) in [5.74, 6) is -0.126. The van der Waals surface area contributed by atoms with E-state index in [0.29, 0.717) is 5.75 Å². The van der Waals surface area contributed by atoms with Crippen molar-refractivity contribution in [2.24, 2.45) is 5.92 Å². The topological polar surface area (TPSA) is 46.2 Å². The molecule has 1 aromatic carbocycles. The fourth-order valence-corrected chi connectivity index (χ4v) is 3.91. The Bertz CT molecular complexity index is 494. The van der Waals surface area contributed by atoms with Crippen LogP contribution in [0.2, 0.25) is 19.6 Å². The first kappa shape index (κ1) is 18.0. The summed E-state index contributed by atoms with van der Waals surface area (Å²) in [6.45, 7) is 8.50. The van der Waals surface area contributed by atoms with E-state index in [-0.39, 0.29) is 24.0 Å². The maximum Gasteiger partial charge on any atom is 0.228 e. The largest absolute Gasteiger partial charge is 0.326 e. The van der Waals surface area contributed by atoms with Gasteiger partial charge in [0.1, 0.15) is 5.78 Å². The minimum Gasteiger partial charge on any atom is -0.326 e. The molecule has 1 aromatic rings. The summed E-state index contributed by atoms with van der Waals surface area (Å²) in [6, 6.07) is 9.11. The van der Waals surface area contributed by atoms with Crippen LogP contribution < -0.4 is 5.32 Å².